The minimum atomic E-state index is 1.06. The third kappa shape index (κ3) is 1.48. The van der Waals surface area contributed by atoms with Gasteiger partial charge in [-0.3, -0.25) is 4.99 Å². The van der Waals surface area contributed by atoms with E-state index < -0.39 is 0 Å². The van der Waals surface area contributed by atoms with Gasteiger partial charge < -0.3 is 0 Å². The van der Waals surface area contributed by atoms with Gasteiger partial charge in [-0.15, -0.1) is 11.8 Å². The van der Waals surface area contributed by atoms with Gasteiger partial charge >= 0.3 is 0 Å². The fourth-order valence-corrected chi connectivity index (χ4v) is 1.72. The highest BCUT2D eigenvalue weighted by atomic mass is 127. The maximum absolute atomic E-state index is 4.15. The monoisotopic (exact) mass is 239 g/mol. The van der Waals surface area contributed by atoms with Gasteiger partial charge in [-0.1, -0.05) is 0 Å². The summed E-state index contributed by atoms with van der Waals surface area (Å²) in [5.41, 5.74) is 0. The first-order valence-electron chi connectivity index (χ1n) is 2.28. The molecule has 8 heavy (non-hydrogen) atoms. The average molecular weight is 239 g/mol. The fraction of sp³-hybridized carbons (Fsp3) is 0.400. The molecule has 0 N–H and O–H groups in total. The fourth-order valence-electron chi connectivity index (χ4n) is 0.503. The quantitative estimate of drug-likeness (QED) is 0.591. The molecule has 1 rings (SSSR count). The smallest absolute Gasteiger partial charge is 0.0778 e. The first-order valence-corrected chi connectivity index (χ1v) is 4.58. The van der Waals surface area contributed by atoms with Crippen LogP contribution in [0.3, 0.4) is 0 Å². The number of halogens is 1. The molecule has 0 aliphatic carbocycles. The highest BCUT2D eigenvalue weighted by Crippen LogP contribution is 2.22. The third-order valence-corrected chi connectivity index (χ3v) is 2.29. The lowest BCUT2D eigenvalue weighted by Gasteiger charge is -1.88. The Morgan fingerprint density at radius 3 is 2.88 bits per heavy atom. The van der Waals surface area contributed by atoms with Crippen molar-refractivity contribution in [3.05, 3.63) is 9.78 Å². The first-order chi connectivity index (χ1) is 3.83. The molecular formula is C5H6INS. The van der Waals surface area contributed by atoms with Crippen LogP contribution in [-0.4, -0.2) is 11.3 Å². The summed E-state index contributed by atoms with van der Waals surface area (Å²) in [6.07, 6.45) is 5.04. The zero-order chi connectivity index (χ0) is 5.98. The molecule has 0 radical (unpaired) electrons. The van der Waals surface area contributed by atoms with Gasteiger partial charge in [0.2, 0.25) is 0 Å². The van der Waals surface area contributed by atoms with Crippen LogP contribution in [0.4, 0.5) is 0 Å². The average Bonchev–Trinajstić information content (AvgIpc) is 2.14. The van der Waals surface area contributed by atoms with Crippen LogP contribution in [0.25, 0.3) is 0 Å². The van der Waals surface area contributed by atoms with Gasteiger partial charge in [-0.2, -0.15) is 0 Å². The predicted molar refractivity (Wildman–Crippen MR) is 47.7 cm³/mol. The minimum Gasteiger partial charge on any atom is -0.253 e. The Balaban J connectivity index is 2.49. The van der Waals surface area contributed by atoms with Gasteiger partial charge in [0.15, 0.2) is 0 Å². The largest absolute Gasteiger partial charge is 0.253 e. The Labute approximate surface area is 66.8 Å². The highest BCUT2D eigenvalue weighted by molar-refractivity contribution is 14.1. The lowest BCUT2D eigenvalue weighted by atomic mass is 10.5. The number of aliphatic imine (C=N–C) groups is 1. The lowest BCUT2D eigenvalue weighted by molar-refractivity contribution is 1.57. The third-order valence-electron chi connectivity index (χ3n) is 0.904. The molecule has 1 heterocycles. The summed E-state index contributed by atoms with van der Waals surface area (Å²) < 4.78 is 1.34. The van der Waals surface area contributed by atoms with Crippen molar-refractivity contribution in [1.82, 2.24) is 0 Å². The number of hydrogen-bond donors (Lipinski definition) is 0. The second-order valence-electron chi connectivity index (χ2n) is 1.48. The van der Waals surface area contributed by atoms with Crippen molar-refractivity contribution in [2.45, 2.75) is 6.42 Å². The molecule has 0 fully saturated rings. The van der Waals surface area contributed by atoms with E-state index in [2.05, 4.69) is 33.8 Å². The summed E-state index contributed by atoms with van der Waals surface area (Å²) in [6.45, 7) is 0. The highest BCUT2D eigenvalue weighted by Gasteiger charge is 2.04. The number of hydrogen-bond acceptors (Lipinski definition) is 2. The van der Waals surface area contributed by atoms with E-state index in [1.807, 2.05) is 6.20 Å². The number of thioether (sulfide) groups is 1. The topological polar surface area (TPSA) is 12.4 Å². The van der Waals surface area contributed by atoms with E-state index >= 15 is 0 Å². The van der Waals surface area contributed by atoms with Crippen LogP contribution in [0.15, 0.2) is 14.8 Å². The minimum absolute atomic E-state index is 1.06. The van der Waals surface area contributed by atoms with Crippen LogP contribution < -0.4 is 0 Å². The molecule has 0 aromatic heterocycles. The molecule has 1 aliphatic heterocycles. The summed E-state index contributed by atoms with van der Waals surface area (Å²) in [6, 6.07) is 0. The SMILES string of the molecule is CSC1=NC=C(I)C1. The molecule has 44 valence electrons. The molecule has 0 saturated heterocycles. The molecule has 0 unspecified atom stereocenters. The van der Waals surface area contributed by atoms with E-state index in [-0.39, 0.29) is 0 Å². The zero-order valence-electron chi connectivity index (χ0n) is 4.52. The Morgan fingerprint density at radius 2 is 2.62 bits per heavy atom. The van der Waals surface area contributed by atoms with Crippen LogP contribution in [0, 0.1) is 0 Å². The van der Waals surface area contributed by atoms with Crippen molar-refractivity contribution >= 4 is 39.4 Å². The van der Waals surface area contributed by atoms with Crippen LogP contribution >= 0.6 is 34.4 Å². The Kier molecular flexibility index (Phi) is 2.37. The summed E-state index contributed by atoms with van der Waals surface area (Å²) in [7, 11) is 0. The second kappa shape index (κ2) is 2.87. The van der Waals surface area contributed by atoms with E-state index in [0.717, 1.165) is 6.42 Å². The van der Waals surface area contributed by atoms with E-state index in [4.69, 9.17) is 0 Å². The van der Waals surface area contributed by atoms with E-state index in [0.29, 0.717) is 0 Å². The first kappa shape index (κ1) is 6.61. The zero-order valence-corrected chi connectivity index (χ0v) is 7.49. The van der Waals surface area contributed by atoms with Gasteiger partial charge in [0.05, 0.1) is 5.04 Å². The summed E-state index contributed by atoms with van der Waals surface area (Å²) in [5.74, 6) is 0. The Morgan fingerprint density at radius 1 is 1.88 bits per heavy atom. The number of rotatable bonds is 0. The lowest BCUT2D eigenvalue weighted by Crippen LogP contribution is -1.82. The molecule has 3 heteroatoms. The molecule has 1 nitrogen and oxygen atoms in total. The van der Waals surface area contributed by atoms with Gasteiger partial charge in [0, 0.05) is 16.2 Å². The van der Waals surface area contributed by atoms with Crippen molar-refractivity contribution in [2.24, 2.45) is 4.99 Å². The number of allylic oxidation sites excluding steroid dienone is 1. The summed E-state index contributed by atoms with van der Waals surface area (Å²) >= 11 is 4.03. The molecule has 1 aliphatic rings. The summed E-state index contributed by atoms with van der Waals surface area (Å²) in [5, 5.41) is 1.23. The van der Waals surface area contributed by atoms with Crippen LogP contribution in [0.5, 0.6) is 0 Å². The number of nitrogens with zero attached hydrogens (tertiary/aromatic N) is 1. The van der Waals surface area contributed by atoms with Crippen molar-refractivity contribution in [1.29, 1.82) is 0 Å². The maximum Gasteiger partial charge on any atom is 0.0778 e. The van der Waals surface area contributed by atoms with Gasteiger partial charge in [0.25, 0.3) is 0 Å². The standard InChI is InChI=1S/C5H6INS/c1-8-5-2-4(6)3-7-5/h3H,2H2,1H3. The van der Waals surface area contributed by atoms with E-state index in [1.54, 1.807) is 11.8 Å². The van der Waals surface area contributed by atoms with Crippen molar-refractivity contribution < 1.29 is 0 Å². The van der Waals surface area contributed by atoms with E-state index in [1.165, 1.54) is 8.62 Å². The normalized spacial score (nSPS) is 18.2. The van der Waals surface area contributed by atoms with Crippen LogP contribution in [0.1, 0.15) is 6.42 Å². The summed E-state index contributed by atoms with van der Waals surface area (Å²) in [4.78, 5) is 4.15. The van der Waals surface area contributed by atoms with Crippen molar-refractivity contribution in [3.63, 3.8) is 0 Å². The molecule has 0 bridgehead atoms. The second-order valence-corrected chi connectivity index (χ2v) is 3.74. The molecule has 0 aromatic carbocycles. The Bertz CT molecular complexity index is 151. The van der Waals surface area contributed by atoms with Crippen LogP contribution in [-0.2, 0) is 0 Å². The van der Waals surface area contributed by atoms with Crippen molar-refractivity contribution in [3.8, 4) is 0 Å². The Hall–Kier alpha value is 0.490. The molecular weight excluding hydrogens is 233 g/mol. The molecule has 0 saturated carbocycles. The molecule has 0 spiro atoms. The van der Waals surface area contributed by atoms with Crippen LogP contribution in [0.2, 0.25) is 0 Å². The molecule has 0 amide bonds. The van der Waals surface area contributed by atoms with Gasteiger partial charge in [-0.25, -0.2) is 0 Å². The predicted octanol–water partition coefficient (Wildman–Crippen LogP) is 2.43. The maximum atomic E-state index is 4.15. The molecule has 0 aromatic rings. The van der Waals surface area contributed by atoms with E-state index in [9.17, 15) is 0 Å². The molecule has 0 atom stereocenters. The van der Waals surface area contributed by atoms with Gasteiger partial charge in [0.1, 0.15) is 0 Å². The van der Waals surface area contributed by atoms with Crippen molar-refractivity contribution in [2.75, 3.05) is 6.26 Å². The van der Waals surface area contributed by atoms with Gasteiger partial charge in [-0.05, 0) is 28.8 Å².